The molecule has 1 aromatic carbocycles. The van der Waals surface area contributed by atoms with E-state index in [0.717, 1.165) is 6.26 Å². The average Bonchev–Trinajstić information content (AvgIpc) is 3.00. The summed E-state index contributed by atoms with van der Waals surface area (Å²) in [7, 11) is -3.34. The third-order valence-corrected chi connectivity index (χ3v) is 2.70. The van der Waals surface area contributed by atoms with Gasteiger partial charge in [-0.1, -0.05) is 0 Å². The van der Waals surface area contributed by atoms with Crippen LogP contribution in [0, 0.1) is 0 Å². The topological polar surface area (TPSA) is 88.2 Å². The molecule has 1 fully saturated rings. The highest BCUT2D eigenvalue weighted by Crippen LogP contribution is 2.30. The van der Waals surface area contributed by atoms with E-state index in [0.29, 0.717) is 18.9 Å². The van der Waals surface area contributed by atoms with Gasteiger partial charge in [0.05, 0.1) is 18.6 Å². The molecule has 17 heavy (non-hydrogen) atoms. The molecule has 0 saturated carbocycles. The molecule has 0 spiro atoms. The normalized spacial score (nSPS) is 18.8. The van der Waals surface area contributed by atoms with E-state index >= 15 is 0 Å². The van der Waals surface area contributed by atoms with Gasteiger partial charge in [-0.3, -0.25) is 4.72 Å². The fraction of sp³-hybridized carbons (Fsp3) is 0.400. The van der Waals surface area contributed by atoms with Crippen LogP contribution in [0.25, 0.3) is 0 Å². The summed E-state index contributed by atoms with van der Waals surface area (Å²) < 4.78 is 34.6. The first-order valence-electron chi connectivity index (χ1n) is 4.99. The van der Waals surface area contributed by atoms with Crippen LogP contribution in [0.5, 0.6) is 11.5 Å². The van der Waals surface area contributed by atoms with Crippen molar-refractivity contribution in [2.45, 2.75) is 6.10 Å². The van der Waals surface area contributed by atoms with Gasteiger partial charge in [-0.05, 0) is 12.1 Å². The highest BCUT2D eigenvalue weighted by molar-refractivity contribution is 7.92. The molecule has 0 aromatic heterocycles. The Hall–Kier alpha value is -1.47. The molecule has 0 radical (unpaired) electrons. The Bertz CT molecular complexity index is 509. The lowest BCUT2D eigenvalue weighted by Gasteiger charge is -2.09. The van der Waals surface area contributed by atoms with Crippen LogP contribution in [0.4, 0.5) is 5.69 Å². The van der Waals surface area contributed by atoms with E-state index in [4.69, 9.17) is 9.47 Å². The summed E-state index contributed by atoms with van der Waals surface area (Å²) in [5.41, 5.74) is 0.344. The maximum absolute atomic E-state index is 11.0. The van der Waals surface area contributed by atoms with Crippen LogP contribution in [-0.2, 0) is 14.8 Å². The van der Waals surface area contributed by atoms with Crippen molar-refractivity contribution < 1.29 is 23.0 Å². The number of epoxide rings is 1. The Balaban J connectivity index is 2.10. The van der Waals surface area contributed by atoms with Crippen molar-refractivity contribution in [2.24, 2.45) is 0 Å². The van der Waals surface area contributed by atoms with E-state index in [2.05, 4.69) is 4.72 Å². The zero-order valence-corrected chi connectivity index (χ0v) is 10.0. The van der Waals surface area contributed by atoms with E-state index in [1.807, 2.05) is 0 Å². The third-order valence-electron chi connectivity index (χ3n) is 2.09. The average molecular weight is 259 g/mol. The molecule has 1 aromatic rings. The number of hydrogen-bond donors (Lipinski definition) is 2. The van der Waals surface area contributed by atoms with Gasteiger partial charge in [-0.25, -0.2) is 8.42 Å². The molecule has 1 aliphatic heterocycles. The third kappa shape index (κ3) is 3.79. The predicted octanol–water partition coefficient (Wildman–Crippen LogP) is 0.541. The highest BCUT2D eigenvalue weighted by atomic mass is 32.2. The Kier molecular flexibility index (Phi) is 3.12. The van der Waals surface area contributed by atoms with Crippen molar-refractivity contribution in [3.8, 4) is 11.5 Å². The van der Waals surface area contributed by atoms with E-state index < -0.39 is 10.0 Å². The van der Waals surface area contributed by atoms with Crippen molar-refractivity contribution in [1.82, 2.24) is 0 Å². The molecule has 1 aliphatic rings. The van der Waals surface area contributed by atoms with Crippen molar-refractivity contribution >= 4 is 15.7 Å². The van der Waals surface area contributed by atoms with E-state index in [1.165, 1.54) is 18.2 Å². The van der Waals surface area contributed by atoms with Gasteiger partial charge in [-0.2, -0.15) is 0 Å². The lowest BCUT2D eigenvalue weighted by Crippen LogP contribution is -2.10. The number of ether oxygens (including phenoxy) is 2. The van der Waals surface area contributed by atoms with Gasteiger partial charge in [0.2, 0.25) is 10.0 Å². The summed E-state index contributed by atoms with van der Waals surface area (Å²) >= 11 is 0. The number of nitrogens with one attached hydrogen (secondary N) is 1. The first kappa shape index (κ1) is 12.0. The molecular formula is C10H13NO5S. The number of phenolic OH excluding ortho intramolecular Hbond substituents is 1. The van der Waals surface area contributed by atoms with Crippen molar-refractivity contribution in [3.05, 3.63) is 18.2 Å². The lowest BCUT2D eigenvalue weighted by molar-refractivity contribution is 0.254. The molecule has 1 unspecified atom stereocenters. The highest BCUT2D eigenvalue weighted by Gasteiger charge is 2.23. The maximum Gasteiger partial charge on any atom is 0.229 e. The fourth-order valence-corrected chi connectivity index (χ4v) is 1.81. The van der Waals surface area contributed by atoms with Crippen LogP contribution in [0.3, 0.4) is 0 Å². The second-order valence-electron chi connectivity index (χ2n) is 3.82. The molecule has 0 aliphatic carbocycles. The van der Waals surface area contributed by atoms with Crippen LogP contribution in [0.2, 0.25) is 0 Å². The molecule has 2 N–H and O–H groups in total. The SMILES string of the molecule is CS(=O)(=O)Nc1ccc(O)c(OCC2CO2)c1. The molecule has 6 nitrogen and oxygen atoms in total. The van der Waals surface area contributed by atoms with Crippen LogP contribution in [-0.4, -0.2) is 39.1 Å². The van der Waals surface area contributed by atoms with Gasteiger partial charge in [0, 0.05) is 6.07 Å². The number of rotatable bonds is 5. The van der Waals surface area contributed by atoms with Gasteiger partial charge in [0.15, 0.2) is 11.5 Å². The Morgan fingerprint density at radius 2 is 2.29 bits per heavy atom. The molecule has 1 atom stereocenters. The van der Waals surface area contributed by atoms with Crippen LogP contribution >= 0.6 is 0 Å². The van der Waals surface area contributed by atoms with Crippen LogP contribution in [0.15, 0.2) is 18.2 Å². The van der Waals surface area contributed by atoms with Gasteiger partial charge >= 0.3 is 0 Å². The quantitative estimate of drug-likeness (QED) is 0.595. The van der Waals surface area contributed by atoms with Gasteiger partial charge in [-0.15, -0.1) is 0 Å². The predicted molar refractivity (Wildman–Crippen MR) is 61.8 cm³/mol. The number of phenols is 1. The number of hydrogen-bond acceptors (Lipinski definition) is 5. The summed E-state index contributed by atoms with van der Waals surface area (Å²) in [6.07, 6.45) is 1.12. The van der Waals surface area contributed by atoms with Crippen molar-refractivity contribution in [1.29, 1.82) is 0 Å². The Labute approximate surface area is 99.2 Å². The van der Waals surface area contributed by atoms with E-state index in [-0.39, 0.29) is 17.6 Å². The molecule has 94 valence electrons. The minimum Gasteiger partial charge on any atom is -0.504 e. The van der Waals surface area contributed by atoms with E-state index in [9.17, 15) is 13.5 Å². The number of aromatic hydroxyl groups is 1. The van der Waals surface area contributed by atoms with Crippen LogP contribution < -0.4 is 9.46 Å². The second-order valence-corrected chi connectivity index (χ2v) is 5.57. The van der Waals surface area contributed by atoms with Gasteiger partial charge < -0.3 is 14.6 Å². The second kappa shape index (κ2) is 4.42. The molecule has 7 heteroatoms. The smallest absolute Gasteiger partial charge is 0.229 e. The van der Waals surface area contributed by atoms with Gasteiger partial charge in [0.25, 0.3) is 0 Å². The number of benzene rings is 1. The first-order chi connectivity index (χ1) is 7.94. The van der Waals surface area contributed by atoms with Crippen molar-refractivity contribution in [3.63, 3.8) is 0 Å². The molecule has 0 amide bonds. The Morgan fingerprint density at radius 1 is 1.59 bits per heavy atom. The monoisotopic (exact) mass is 259 g/mol. The van der Waals surface area contributed by atoms with Gasteiger partial charge in [0.1, 0.15) is 12.7 Å². The zero-order chi connectivity index (χ0) is 12.5. The maximum atomic E-state index is 11.0. The molecule has 1 saturated heterocycles. The summed E-state index contributed by atoms with van der Waals surface area (Å²) in [5, 5.41) is 9.52. The van der Waals surface area contributed by atoms with E-state index in [1.54, 1.807) is 0 Å². The molecule has 0 bridgehead atoms. The molecule has 1 heterocycles. The summed E-state index contributed by atoms with van der Waals surface area (Å²) in [6, 6.07) is 4.26. The fourth-order valence-electron chi connectivity index (χ4n) is 1.25. The zero-order valence-electron chi connectivity index (χ0n) is 9.21. The minimum absolute atomic E-state index is 0.0373. The van der Waals surface area contributed by atoms with Crippen LogP contribution in [0.1, 0.15) is 0 Å². The summed E-state index contributed by atoms with van der Waals surface area (Å²) in [6.45, 7) is 0.998. The van der Waals surface area contributed by atoms with Crippen molar-refractivity contribution in [2.75, 3.05) is 24.2 Å². The largest absolute Gasteiger partial charge is 0.504 e. The standard InChI is InChI=1S/C10H13NO5S/c1-17(13,14)11-7-2-3-9(12)10(4-7)16-6-8-5-15-8/h2-4,8,11-12H,5-6H2,1H3. The molecular weight excluding hydrogens is 246 g/mol. The summed E-state index contributed by atoms with van der Waals surface area (Å²) in [4.78, 5) is 0. The molecule has 2 rings (SSSR count). The number of anilines is 1. The summed E-state index contributed by atoms with van der Waals surface area (Å²) in [5.74, 6) is 0.193. The number of sulfonamides is 1. The first-order valence-corrected chi connectivity index (χ1v) is 6.88. The lowest BCUT2D eigenvalue weighted by atomic mass is 10.3. The minimum atomic E-state index is -3.34. The Morgan fingerprint density at radius 3 is 2.88 bits per heavy atom.